The third-order valence-corrected chi connectivity index (χ3v) is 4.19. The molecule has 0 fully saturated rings. The van der Waals surface area contributed by atoms with Crippen LogP contribution in [-0.2, 0) is 6.61 Å². The maximum absolute atomic E-state index is 5.98. The largest absolute Gasteiger partial charge is 0.496 e. The van der Waals surface area contributed by atoms with E-state index in [1.807, 2.05) is 43.3 Å². The third-order valence-electron chi connectivity index (χ3n) is 3.08. The molecule has 112 valence electrons. The number of hydrogen-bond donors (Lipinski definition) is 1. The molecule has 0 heterocycles. The molecule has 3 nitrogen and oxygen atoms in total. The molecule has 1 atom stereocenters. The van der Waals surface area contributed by atoms with E-state index < -0.39 is 0 Å². The van der Waals surface area contributed by atoms with Crippen molar-refractivity contribution in [3.05, 3.63) is 56.5 Å². The van der Waals surface area contributed by atoms with Crippen LogP contribution in [0.4, 0.5) is 0 Å². The van der Waals surface area contributed by atoms with Crippen LogP contribution in [0.2, 0.25) is 0 Å². The number of halogens is 2. The molecule has 0 aliphatic carbocycles. The zero-order chi connectivity index (χ0) is 15.4. The van der Waals surface area contributed by atoms with E-state index in [-0.39, 0.29) is 6.04 Å². The molecule has 2 rings (SSSR count). The molecule has 0 aliphatic rings. The Morgan fingerprint density at radius 2 is 1.86 bits per heavy atom. The van der Waals surface area contributed by atoms with E-state index in [4.69, 9.17) is 15.2 Å². The molecule has 0 radical (unpaired) electrons. The summed E-state index contributed by atoms with van der Waals surface area (Å²) in [5, 5.41) is 0. The normalized spacial score (nSPS) is 12.0. The first-order chi connectivity index (χ1) is 10.0. The lowest BCUT2D eigenvalue weighted by molar-refractivity contribution is 0.301. The molecule has 0 aliphatic heterocycles. The van der Waals surface area contributed by atoms with Gasteiger partial charge >= 0.3 is 0 Å². The van der Waals surface area contributed by atoms with Gasteiger partial charge in [-0.15, -0.1) is 0 Å². The first-order valence-electron chi connectivity index (χ1n) is 6.51. The van der Waals surface area contributed by atoms with Crippen LogP contribution in [0.1, 0.15) is 24.1 Å². The van der Waals surface area contributed by atoms with Gasteiger partial charge in [0.05, 0.1) is 11.6 Å². The molecule has 2 aromatic rings. The maximum atomic E-state index is 5.98. The predicted octanol–water partition coefficient (Wildman–Crippen LogP) is 4.82. The van der Waals surface area contributed by atoms with Gasteiger partial charge in [-0.3, -0.25) is 0 Å². The van der Waals surface area contributed by atoms with Crippen LogP contribution in [0, 0.1) is 0 Å². The van der Waals surface area contributed by atoms with Crippen LogP contribution in [0.3, 0.4) is 0 Å². The van der Waals surface area contributed by atoms with Gasteiger partial charge in [0.2, 0.25) is 0 Å². The lowest BCUT2D eigenvalue weighted by atomic mass is 10.1. The van der Waals surface area contributed by atoms with E-state index in [2.05, 4.69) is 31.9 Å². The van der Waals surface area contributed by atoms with Crippen molar-refractivity contribution in [3.63, 3.8) is 0 Å². The number of rotatable bonds is 5. The minimum absolute atomic E-state index is 0.0734. The first-order valence-corrected chi connectivity index (χ1v) is 8.10. The van der Waals surface area contributed by atoms with Gasteiger partial charge in [0, 0.05) is 16.1 Å². The first kappa shape index (κ1) is 16.3. The fourth-order valence-electron chi connectivity index (χ4n) is 1.97. The number of benzene rings is 2. The van der Waals surface area contributed by atoms with E-state index in [9.17, 15) is 0 Å². The van der Waals surface area contributed by atoms with Crippen LogP contribution in [-0.4, -0.2) is 7.11 Å². The van der Waals surface area contributed by atoms with Crippen molar-refractivity contribution in [1.82, 2.24) is 0 Å². The van der Waals surface area contributed by atoms with Crippen LogP contribution < -0.4 is 15.2 Å². The van der Waals surface area contributed by atoms with E-state index >= 15 is 0 Å². The molecule has 0 unspecified atom stereocenters. The highest BCUT2D eigenvalue weighted by Crippen LogP contribution is 2.30. The van der Waals surface area contributed by atoms with Gasteiger partial charge in [0.1, 0.15) is 18.1 Å². The Labute approximate surface area is 141 Å². The van der Waals surface area contributed by atoms with E-state index in [0.717, 1.165) is 31.6 Å². The summed E-state index contributed by atoms with van der Waals surface area (Å²) in [7, 11) is 1.65. The van der Waals surface area contributed by atoms with Crippen molar-refractivity contribution in [2.45, 2.75) is 19.6 Å². The molecular weight excluding hydrogens is 398 g/mol. The predicted molar refractivity (Wildman–Crippen MR) is 91.8 cm³/mol. The van der Waals surface area contributed by atoms with Crippen LogP contribution in [0.25, 0.3) is 0 Å². The van der Waals surface area contributed by atoms with Crippen LogP contribution in [0.5, 0.6) is 11.5 Å². The highest BCUT2D eigenvalue weighted by molar-refractivity contribution is 9.10. The van der Waals surface area contributed by atoms with Gasteiger partial charge in [-0.2, -0.15) is 0 Å². The summed E-state index contributed by atoms with van der Waals surface area (Å²) in [6.45, 7) is 2.42. The second-order valence-corrected chi connectivity index (χ2v) is 6.50. The minimum Gasteiger partial charge on any atom is -0.496 e. The molecule has 0 spiro atoms. The van der Waals surface area contributed by atoms with E-state index in [1.54, 1.807) is 7.11 Å². The fourth-order valence-corrected chi connectivity index (χ4v) is 2.90. The second kappa shape index (κ2) is 7.29. The average Bonchev–Trinajstić information content (AvgIpc) is 2.45. The van der Waals surface area contributed by atoms with E-state index in [1.165, 1.54) is 0 Å². The second-order valence-electron chi connectivity index (χ2n) is 4.73. The SMILES string of the molecule is COc1ccc(COc2cc(Br)ccc2[C@H](C)N)cc1Br. The van der Waals surface area contributed by atoms with Crippen LogP contribution >= 0.6 is 31.9 Å². The molecule has 21 heavy (non-hydrogen) atoms. The zero-order valence-electron chi connectivity index (χ0n) is 11.9. The van der Waals surface area contributed by atoms with Gasteiger partial charge in [-0.05, 0) is 52.7 Å². The third kappa shape index (κ3) is 4.22. The molecule has 0 saturated heterocycles. The summed E-state index contributed by atoms with van der Waals surface area (Å²) in [6.07, 6.45) is 0. The molecular formula is C16H17Br2NO2. The lowest BCUT2D eigenvalue weighted by Gasteiger charge is -2.15. The average molecular weight is 415 g/mol. The standard InChI is InChI=1S/C16H17Br2NO2/c1-10(19)13-5-4-12(17)8-16(13)21-9-11-3-6-15(20-2)14(18)7-11/h3-8,10H,9,19H2,1-2H3/t10-/m0/s1. The van der Waals surface area contributed by atoms with Crippen LogP contribution in [0.15, 0.2) is 45.3 Å². The fraction of sp³-hybridized carbons (Fsp3) is 0.250. The number of hydrogen-bond acceptors (Lipinski definition) is 3. The molecule has 0 amide bonds. The zero-order valence-corrected chi connectivity index (χ0v) is 15.1. The number of ether oxygens (including phenoxy) is 2. The van der Waals surface area contributed by atoms with Crippen molar-refractivity contribution < 1.29 is 9.47 Å². The maximum Gasteiger partial charge on any atom is 0.133 e. The Morgan fingerprint density at radius 3 is 2.48 bits per heavy atom. The van der Waals surface area contributed by atoms with Gasteiger partial charge in [-0.25, -0.2) is 0 Å². The Kier molecular flexibility index (Phi) is 5.67. The molecule has 2 N–H and O–H groups in total. The highest BCUT2D eigenvalue weighted by atomic mass is 79.9. The van der Waals surface area contributed by atoms with Crippen molar-refractivity contribution in [3.8, 4) is 11.5 Å². The molecule has 5 heteroatoms. The van der Waals surface area contributed by atoms with Crippen molar-refractivity contribution in [2.24, 2.45) is 5.73 Å². The smallest absolute Gasteiger partial charge is 0.133 e. The highest BCUT2D eigenvalue weighted by Gasteiger charge is 2.09. The Balaban J connectivity index is 2.16. The van der Waals surface area contributed by atoms with Crippen molar-refractivity contribution in [1.29, 1.82) is 0 Å². The van der Waals surface area contributed by atoms with Crippen molar-refractivity contribution >= 4 is 31.9 Å². The molecule has 2 aromatic carbocycles. The van der Waals surface area contributed by atoms with E-state index in [0.29, 0.717) is 6.61 Å². The Bertz CT molecular complexity index is 630. The topological polar surface area (TPSA) is 44.5 Å². The summed E-state index contributed by atoms with van der Waals surface area (Å²) in [4.78, 5) is 0. The number of nitrogens with two attached hydrogens (primary N) is 1. The molecule has 0 bridgehead atoms. The monoisotopic (exact) mass is 413 g/mol. The summed E-state index contributed by atoms with van der Waals surface area (Å²) >= 11 is 6.93. The Hall–Kier alpha value is -1.04. The van der Waals surface area contributed by atoms with Gasteiger partial charge in [0.25, 0.3) is 0 Å². The van der Waals surface area contributed by atoms with Crippen molar-refractivity contribution in [2.75, 3.05) is 7.11 Å². The van der Waals surface area contributed by atoms with Gasteiger partial charge in [0.15, 0.2) is 0 Å². The molecule has 0 saturated carbocycles. The quantitative estimate of drug-likeness (QED) is 0.762. The minimum atomic E-state index is -0.0734. The summed E-state index contributed by atoms with van der Waals surface area (Å²) in [6, 6.07) is 11.7. The molecule has 0 aromatic heterocycles. The summed E-state index contributed by atoms with van der Waals surface area (Å²) in [5.74, 6) is 1.60. The van der Waals surface area contributed by atoms with Gasteiger partial charge in [-0.1, -0.05) is 28.1 Å². The summed E-state index contributed by atoms with van der Waals surface area (Å²) < 4.78 is 13.0. The summed E-state index contributed by atoms with van der Waals surface area (Å²) in [5.41, 5.74) is 8.02. The number of methoxy groups -OCH3 is 1. The van der Waals surface area contributed by atoms with Gasteiger partial charge < -0.3 is 15.2 Å². The lowest BCUT2D eigenvalue weighted by Crippen LogP contribution is -2.08. The Morgan fingerprint density at radius 1 is 1.10 bits per heavy atom.